The molecule has 1 aromatic rings. The lowest BCUT2D eigenvalue weighted by Gasteiger charge is -2.15. The summed E-state index contributed by atoms with van der Waals surface area (Å²) in [6.07, 6.45) is 5.82. The fourth-order valence-electron chi connectivity index (χ4n) is 1.53. The number of ether oxygens (including phenoxy) is 1. The Morgan fingerprint density at radius 3 is 3.11 bits per heavy atom. The molecule has 18 heavy (non-hydrogen) atoms. The summed E-state index contributed by atoms with van der Waals surface area (Å²) >= 11 is 0. The third-order valence-electron chi connectivity index (χ3n) is 2.59. The molecule has 0 saturated heterocycles. The van der Waals surface area contributed by atoms with E-state index in [0.29, 0.717) is 19.6 Å². The van der Waals surface area contributed by atoms with Crippen LogP contribution in [-0.2, 0) is 16.1 Å². The Morgan fingerprint density at radius 2 is 2.50 bits per heavy atom. The molecule has 4 nitrogen and oxygen atoms in total. The van der Waals surface area contributed by atoms with Crippen molar-refractivity contribution >= 4 is 5.97 Å². The minimum Gasteiger partial charge on any atom is -0.468 e. The van der Waals surface area contributed by atoms with Crippen molar-refractivity contribution in [2.45, 2.75) is 38.8 Å². The Balaban J connectivity index is 2.26. The number of hydrogen-bond donors (Lipinski definition) is 1. The van der Waals surface area contributed by atoms with E-state index in [1.807, 2.05) is 25.1 Å². The van der Waals surface area contributed by atoms with Gasteiger partial charge in [0, 0.05) is 0 Å². The summed E-state index contributed by atoms with van der Waals surface area (Å²) in [7, 11) is 0. The smallest absolute Gasteiger partial charge is 0.323 e. The fourth-order valence-corrected chi connectivity index (χ4v) is 1.53. The predicted molar refractivity (Wildman–Crippen MR) is 70.0 cm³/mol. The highest BCUT2D eigenvalue weighted by atomic mass is 16.5. The van der Waals surface area contributed by atoms with Gasteiger partial charge in [0.15, 0.2) is 0 Å². The Bertz CT molecular complexity index is 346. The summed E-state index contributed by atoms with van der Waals surface area (Å²) in [6.45, 7) is 6.56. The van der Waals surface area contributed by atoms with Crippen molar-refractivity contribution in [1.82, 2.24) is 5.32 Å². The molecule has 0 aromatic carbocycles. The van der Waals surface area contributed by atoms with E-state index in [4.69, 9.17) is 9.15 Å². The molecule has 0 aliphatic rings. The van der Waals surface area contributed by atoms with Gasteiger partial charge in [-0.2, -0.15) is 0 Å². The number of nitrogens with one attached hydrogen (secondary N) is 1. The van der Waals surface area contributed by atoms with Crippen LogP contribution in [0.4, 0.5) is 0 Å². The molecule has 0 radical (unpaired) electrons. The number of esters is 1. The fraction of sp³-hybridized carbons (Fsp3) is 0.500. The zero-order valence-corrected chi connectivity index (χ0v) is 10.9. The van der Waals surface area contributed by atoms with Crippen LogP contribution in [0.25, 0.3) is 0 Å². The molecule has 0 bridgehead atoms. The maximum Gasteiger partial charge on any atom is 0.323 e. The average Bonchev–Trinajstić information content (AvgIpc) is 2.88. The second kappa shape index (κ2) is 8.53. The molecule has 1 atom stereocenters. The average molecular weight is 251 g/mol. The molecule has 0 spiro atoms. The van der Waals surface area contributed by atoms with Crippen LogP contribution in [0, 0.1) is 0 Å². The Kier molecular flexibility index (Phi) is 6.87. The minimum atomic E-state index is -0.279. The van der Waals surface area contributed by atoms with Gasteiger partial charge >= 0.3 is 5.97 Å². The zero-order chi connectivity index (χ0) is 13.2. The van der Waals surface area contributed by atoms with Crippen LogP contribution in [0.3, 0.4) is 0 Å². The van der Waals surface area contributed by atoms with E-state index in [9.17, 15) is 4.79 Å². The number of allylic oxidation sites excluding steroid dienone is 1. The second-order valence-corrected chi connectivity index (χ2v) is 4.02. The summed E-state index contributed by atoms with van der Waals surface area (Å²) in [5.74, 6) is 0.612. The van der Waals surface area contributed by atoms with Crippen molar-refractivity contribution in [2.24, 2.45) is 0 Å². The monoisotopic (exact) mass is 251 g/mol. The first-order valence-corrected chi connectivity index (χ1v) is 6.31. The Hall–Kier alpha value is -1.55. The molecule has 100 valence electrons. The van der Waals surface area contributed by atoms with Crippen molar-refractivity contribution in [1.29, 1.82) is 0 Å². The van der Waals surface area contributed by atoms with Gasteiger partial charge in [-0.1, -0.05) is 13.0 Å². The van der Waals surface area contributed by atoms with Crippen molar-refractivity contribution < 1.29 is 13.9 Å². The first-order valence-electron chi connectivity index (χ1n) is 6.31. The van der Waals surface area contributed by atoms with E-state index in [1.54, 1.807) is 6.26 Å². The molecule has 1 rings (SSSR count). The molecule has 1 unspecified atom stereocenters. The third kappa shape index (κ3) is 5.19. The van der Waals surface area contributed by atoms with E-state index in [0.717, 1.165) is 18.6 Å². The van der Waals surface area contributed by atoms with E-state index in [1.165, 1.54) is 0 Å². The van der Waals surface area contributed by atoms with Gasteiger partial charge in [0.25, 0.3) is 0 Å². The highest BCUT2D eigenvalue weighted by Gasteiger charge is 2.17. The highest BCUT2D eigenvalue weighted by molar-refractivity contribution is 5.75. The van der Waals surface area contributed by atoms with Gasteiger partial charge in [0.1, 0.15) is 11.8 Å². The number of carbonyl (C=O) groups is 1. The number of hydrogen-bond acceptors (Lipinski definition) is 4. The highest BCUT2D eigenvalue weighted by Crippen LogP contribution is 2.02. The molecule has 0 aliphatic carbocycles. The number of unbranched alkanes of at least 4 members (excludes halogenated alkanes) is 1. The molecule has 0 amide bonds. The van der Waals surface area contributed by atoms with Crippen LogP contribution in [0.1, 0.15) is 31.9 Å². The molecule has 4 heteroatoms. The van der Waals surface area contributed by atoms with Gasteiger partial charge in [-0.15, -0.1) is 6.58 Å². The lowest BCUT2D eigenvalue weighted by atomic mass is 10.2. The van der Waals surface area contributed by atoms with Gasteiger partial charge in [-0.3, -0.25) is 10.1 Å². The molecule has 0 fully saturated rings. The quantitative estimate of drug-likeness (QED) is 0.416. The first kappa shape index (κ1) is 14.5. The van der Waals surface area contributed by atoms with E-state index < -0.39 is 0 Å². The zero-order valence-electron chi connectivity index (χ0n) is 10.9. The lowest BCUT2D eigenvalue weighted by Crippen LogP contribution is -2.37. The van der Waals surface area contributed by atoms with Crippen LogP contribution in [-0.4, -0.2) is 18.6 Å². The topological polar surface area (TPSA) is 51.5 Å². The van der Waals surface area contributed by atoms with Gasteiger partial charge in [0.05, 0.1) is 19.4 Å². The van der Waals surface area contributed by atoms with Gasteiger partial charge in [0.2, 0.25) is 0 Å². The maximum atomic E-state index is 11.8. The van der Waals surface area contributed by atoms with E-state index in [2.05, 4.69) is 11.9 Å². The maximum absolute atomic E-state index is 11.8. The third-order valence-corrected chi connectivity index (χ3v) is 2.59. The van der Waals surface area contributed by atoms with Crippen molar-refractivity contribution in [2.75, 3.05) is 6.61 Å². The van der Waals surface area contributed by atoms with Crippen molar-refractivity contribution in [3.8, 4) is 0 Å². The molecule has 0 saturated carbocycles. The predicted octanol–water partition coefficient (Wildman–Crippen LogP) is 2.66. The normalized spacial score (nSPS) is 12.1. The molecular weight excluding hydrogens is 230 g/mol. The molecule has 1 heterocycles. The molecule has 0 aliphatic heterocycles. The summed E-state index contributed by atoms with van der Waals surface area (Å²) < 4.78 is 10.4. The molecule has 1 N–H and O–H groups in total. The molecular formula is C14H21NO3. The largest absolute Gasteiger partial charge is 0.468 e. The van der Waals surface area contributed by atoms with Crippen LogP contribution >= 0.6 is 0 Å². The summed E-state index contributed by atoms with van der Waals surface area (Å²) in [4.78, 5) is 11.8. The Labute approximate surface area is 108 Å². The van der Waals surface area contributed by atoms with E-state index >= 15 is 0 Å². The van der Waals surface area contributed by atoms with Crippen LogP contribution in [0.15, 0.2) is 35.5 Å². The van der Waals surface area contributed by atoms with Crippen LogP contribution in [0.5, 0.6) is 0 Å². The standard InChI is InChI=1S/C14H21NO3/c1-3-5-6-9-18-14(16)13(4-2)15-11-12-8-7-10-17-12/h3,7-8,10,13,15H,1,4-6,9,11H2,2H3. The van der Waals surface area contributed by atoms with Crippen molar-refractivity contribution in [3.63, 3.8) is 0 Å². The SMILES string of the molecule is C=CCCCOC(=O)C(CC)NCc1ccco1. The summed E-state index contributed by atoms with van der Waals surface area (Å²) in [5.41, 5.74) is 0. The van der Waals surface area contributed by atoms with Gasteiger partial charge in [-0.05, 0) is 31.4 Å². The molecule has 1 aromatic heterocycles. The summed E-state index contributed by atoms with van der Waals surface area (Å²) in [5, 5.41) is 3.12. The van der Waals surface area contributed by atoms with Gasteiger partial charge in [-0.25, -0.2) is 0 Å². The van der Waals surface area contributed by atoms with Crippen LogP contribution in [0.2, 0.25) is 0 Å². The second-order valence-electron chi connectivity index (χ2n) is 4.02. The number of furan rings is 1. The van der Waals surface area contributed by atoms with E-state index in [-0.39, 0.29) is 12.0 Å². The summed E-state index contributed by atoms with van der Waals surface area (Å²) in [6, 6.07) is 3.42. The minimum absolute atomic E-state index is 0.201. The number of carbonyl (C=O) groups excluding carboxylic acids is 1. The Morgan fingerprint density at radius 1 is 1.67 bits per heavy atom. The van der Waals surface area contributed by atoms with Crippen molar-refractivity contribution in [3.05, 3.63) is 36.8 Å². The lowest BCUT2D eigenvalue weighted by molar-refractivity contribution is -0.146. The number of rotatable bonds is 9. The van der Waals surface area contributed by atoms with Crippen LogP contribution < -0.4 is 5.32 Å². The van der Waals surface area contributed by atoms with Gasteiger partial charge < -0.3 is 9.15 Å². The first-order chi connectivity index (χ1) is 8.77.